The van der Waals surface area contributed by atoms with Crippen LogP contribution in [0.4, 0.5) is 0 Å². The van der Waals surface area contributed by atoms with Gasteiger partial charge in [0.2, 0.25) is 0 Å². The molecule has 0 aromatic carbocycles. The SMILES string of the molecule is CC1CNC(C(C)(C)C)CN1C1CCN(C2CC2)C1. The van der Waals surface area contributed by atoms with E-state index in [0.29, 0.717) is 17.5 Å². The number of rotatable bonds is 2. The quantitative estimate of drug-likeness (QED) is 0.823. The number of likely N-dealkylation sites (tertiary alicyclic amines) is 1. The molecule has 0 bridgehead atoms. The lowest BCUT2D eigenvalue weighted by Gasteiger charge is -2.46. The number of hydrogen-bond donors (Lipinski definition) is 1. The molecule has 3 heteroatoms. The summed E-state index contributed by atoms with van der Waals surface area (Å²) < 4.78 is 0. The van der Waals surface area contributed by atoms with E-state index < -0.39 is 0 Å². The van der Waals surface area contributed by atoms with Gasteiger partial charge in [-0.1, -0.05) is 20.8 Å². The largest absolute Gasteiger partial charge is 0.311 e. The van der Waals surface area contributed by atoms with Crippen LogP contribution in [-0.2, 0) is 0 Å². The first-order valence-electron chi connectivity index (χ1n) is 8.18. The van der Waals surface area contributed by atoms with E-state index in [0.717, 1.165) is 18.6 Å². The van der Waals surface area contributed by atoms with Crippen LogP contribution in [0, 0.1) is 5.41 Å². The highest BCUT2D eigenvalue weighted by Crippen LogP contribution is 2.33. The van der Waals surface area contributed by atoms with Crippen molar-refractivity contribution in [1.29, 1.82) is 0 Å². The van der Waals surface area contributed by atoms with Crippen molar-refractivity contribution in [3.8, 4) is 0 Å². The van der Waals surface area contributed by atoms with E-state index in [9.17, 15) is 0 Å². The highest BCUT2D eigenvalue weighted by atomic mass is 15.3. The van der Waals surface area contributed by atoms with Gasteiger partial charge in [0.05, 0.1) is 0 Å². The molecule has 0 radical (unpaired) electrons. The van der Waals surface area contributed by atoms with Crippen LogP contribution in [0.5, 0.6) is 0 Å². The molecule has 3 unspecified atom stereocenters. The van der Waals surface area contributed by atoms with Crippen molar-refractivity contribution in [3.05, 3.63) is 0 Å². The molecule has 1 N–H and O–H groups in total. The number of nitrogens with one attached hydrogen (secondary N) is 1. The van der Waals surface area contributed by atoms with Crippen LogP contribution in [0.1, 0.15) is 47.0 Å². The van der Waals surface area contributed by atoms with Crippen LogP contribution in [0.3, 0.4) is 0 Å². The van der Waals surface area contributed by atoms with Gasteiger partial charge in [-0.3, -0.25) is 9.80 Å². The molecule has 3 fully saturated rings. The first-order valence-corrected chi connectivity index (χ1v) is 8.18. The minimum absolute atomic E-state index is 0.368. The zero-order valence-electron chi connectivity index (χ0n) is 13.2. The second-order valence-electron chi connectivity index (χ2n) is 8.04. The molecule has 1 saturated carbocycles. The lowest BCUT2D eigenvalue weighted by Crippen LogP contribution is -2.62. The third-order valence-corrected chi connectivity index (χ3v) is 5.39. The molecule has 110 valence electrons. The average Bonchev–Trinajstić information content (AvgIpc) is 3.07. The molecule has 0 spiro atoms. The van der Waals surface area contributed by atoms with E-state index >= 15 is 0 Å². The van der Waals surface area contributed by atoms with Crippen molar-refractivity contribution in [2.45, 2.75) is 71.1 Å². The van der Waals surface area contributed by atoms with Crippen LogP contribution < -0.4 is 5.32 Å². The van der Waals surface area contributed by atoms with Crippen LogP contribution >= 0.6 is 0 Å². The Morgan fingerprint density at radius 1 is 1.00 bits per heavy atom. The third kappa shape index (κ3) is 2.98. The third-order valence-electron chi connectivity index (χ3n) is 5.39. The Balaban J connectivity index is 1.62. The molecule has 3 rings (SSSR count). The summed E-state index contributed by atoms with van der Waals surface area (Å²) in [5.74, 6) is 0. The van der Waals surface area contributed by atoms with Crippen molar-refractivity contribution < 1.29 is 0 Å². The highest BCUT2D eigenvalue weighted by Gasteiger charge is 2.40. The Kier molecular flexibility index (Phi) is 3.65. The van der Waals surface area contributed by atoms with Crippen LogP contribution in [0.25, 0.3) is 0 Å². The van der Waals surface area contributed by atoms with Crippen LogP contribution in [-0.4, -0.2) is 60.1 Å². The van der Waals surface area contributed by atoms with Gasteiger partial charge in [-0.15, -0.1) is 0 Å². The van der Waals surface area contributed by atoms with E-state index in [1.165, 1.54) is 38.9 Å². The topological polar surface area (TPSA) is 18.5 Å². The Labute approximate surface area is 118 Å². The van der Waals surface area contributed by atoms with Crippen molar-refractivity contribution in [3.63, 3.8) is 0 Å². The van der Waals surface area contributed by atoms with Crippen molar-refractivity contribution in [1.82, 2.24) is 15.1 Å². The molecule has 0 amide bonds. The fraction of sp³-hybridized carbons (Fsp3) is 1.00. The van der Waals surface area contributed by atoms with Gasteiger partial charge < -0.3 is 5.32 Å². The molecule has 2 saturated heterocycles. The fourth-order valence-electron chi connectivity index (χ4n) is 3.78. The number of nitrogens with zero attached hydrogens (tertiary/aromatic N) is 2. The monoisotopic (exact) mass is 265 g/mol. The molecule has 1 aliphatic carbocycles. The summed E-state index contributed by atoms with van der Waals surface area (Å²) in [6, 6.07) is 3.09. The maximum atomic E-state index is 3.75. The molecular formula is C16H31N3. The number of piperazine rings is 1. The predicted octanol–water partition coefficient (Wildman–Crippen LogP) is 1.93. The molecule has 3 aliphatic rings. The molecule has 2 heterocycles. The first kappa shape index (κ1) is 13.8. The lowest BCUT2D eigenvalue weighted by molar-refractivity contribution is 0.0592. The van der Waals surface area contributed by atoms with Gasteiger partial charge in [0.15, 0.2) is 0 Å². The molecule has 0 aromatic rings. The van der Waals surface area contributed by atoms with E-state index in [1.807, 2.05) is 0 Å². The molecule has 2 aliphatic heterocycles. The van der Waals surface area contributed by atoms with E-state index in [-0.39, 0.29) is 0 Å². The maximum Gasteiger partial charge on any atom is 0.0244 e. The predicted molar refractivity (Wildman–Crippen MR) is 80.4 cm³/mol. The lowest BCUT2D eigenvalue weighted by atomic mass is 9.84. The van der Waals surface area contributed by atoms with Gasteiger partial charge >= 0.3 is 0 Å². The van der Waals surface area contributed by atoms with Crippen LogP contribution in [0.2, 0.25) is 0 Å². The van der Waals surface area contributed by atoms with Gasteiger partial charge in [-0.25, -0.2) is 0 Å². The van der Waals surface area contributed by atoms with E-state index in [4.69, 9.17) is 0 Å². The van der Waals surface area contributed by atoms with E-state index in [1.54, 1.807) is 0 Å². The standard InChI is InChI=1S/C16H31N3/c1-12-9-17-15(16(2,3)4)11-19(12)14-7-8-18(10-14)13-5-6-13/h12-15,17H,5-11H2,1-4H3. The minimum Gasteiger partial charge on any atom is -0.311 e. The maximum absolute atomic E-state index is 3.75. The molecular weight excluding hydrogens is 234 g/mol. The second kappa shape index (κ2) is 5.01. The van der Waals surface area contributed by atoms with Gasteiger partial charge in [0.25, 0.3) is 0 Å². The summed E-state index contributed by atoms with van der Waals surface area (Å²) in [6.45, 7) is 14.5. The smallest absolute Gasteiger partial charge is 0.0244 e. The number of hydrogen-bond acceptors (Lipinski definition) is 3. The average molecular weight is 265 g/mol. The summed E-state index contributed by atoms with van der Waals surface area (Å²) in [4.78, 5) is 5.54. The second-order valence-corrected chi connectivity index (χ2v) is 8.04. The zero-order chi connectivity index (χ0) is 13.6. The summed E-state index contributed by atoms with van der Waals surface area (Å²) >= 11 is 0. The Hall–Kier alpha value is -0.120. The summed E-state index contributed by atoms with van der Waals surface area (Å²) in [5, 5.41) is 3.75. The van der Waals surface area contributed by atoms with Crippen LogP contribution in [0.15, 0.2) is 0 Å². The van der Waals surface area contributed by atoms with Gasteiger partial charge in [-0.2, -0.15) is 0 Å². The molecule has 0 aromatic heterocycles. The normalized spacial score (nSPS) is 38.8. The van der Waals surface area contributed by atoms with E-state index in [2.05, 4.69) is 42.8 Å². The first-order chi connectivity index (χ1) is 8.95. The molecule has 3 atom stereocenters. The minimum atomic E-state index is 0.368. The van der Waals surface area contributed by atoms with Gasteiger partial charge in [0.1, 0.15) is 0 Å². The van der Waals surface area contributed by atoms with Crippen molar-refractivity contribution in [2.24, 2.45) is 5.41 Å². The van der Waals surface area contributed by atoms with Gasteiger partial charge in [0, 0.05) is 50.3 Å². The summed E-state index contributed by atoms with van der Waals surface area (Å²) in [6.07, 6.45) is 4.29. The Bertz CT molecular complexity index is 318. The fourth-order valence-corrected chi connectivity index (χ4v) is 3.78. The van der Waals surface area contributed by atoms with Crippen molar-refractivity contribution >= 4 is 0 Å². The summed E-state index contributed by atoms with van der Waals surface area (Å²) in [7, 11) is 0. The molecule has 19 heavy (non-hydrogen) atoms. The highest BCUT2D eigenvalue weighted by molar-refractivity contribution is 4.98. The Morgan fingerprint density at radius 3 is 2.37 bits per heavy atom. The zero-order valence-corrected chi connectivity index (χ0v) is 13.2. The summed E-state index contributed by atoms with van der Waals surface area (Å²) in [5.41, 5.74) is 0.368. The molecule has 3 nitrogen and oxygen atoms in total. The van der Waals surface area contributed by atoms with Gasteiger partial charge in [-0.05, 0) is 31.6 Å². The van der Waals surface area contributed by atoms with Crippen molar-refractivity contribution in [2.75, 3.05) is 26.2 Å². The Morgan fingerprint density at radius 2 is 1.74 bits per heavy atom.